The minimum absolute atomic E-state index is 0.0732. The quantitative estimate of drug-likeness (QED) is 0.554. The minimum atomic E-state index is -0.420. The highest BCUT2D eigenvalue weighted by Gasteiger charge is 2.12. The zero-order valence-electron chi connectivity index (χ0n) is 9.91. The summed E-state index contributed by atoms with van der Waals surface area (Å²) in [6.45, 7) is 4.49. The van der Waals surface area contributed by atoms with Gasteiger partial charge in [-0.15, -0.1) is 0 Å². The molecule has 0 fully saturated rings. The standard InChI is InChI=1S/C10H17N5O2/c1-6(2)3-12-8(16)5-13-10(17)7-4-14-15-9(7)11/h4,6H,3,5H2,1-2H3,(H,12,16)(H,13,17)(H3,11,14,15). The largest absolute Gasteiger partial charge is 0.383 e. The molecule has 94 valence electrons. The molecule has 0 bridgehead atoms. The van der Waals surface area contributed by atoms with Crippen molar-refractivity contribution in [1.29, 1.82) is 0 Å². The molecule has 0 spiro atoms. The van der Waals surface area contributed by atoms with Gasteiger partial charge in [0.15, 0.2) is 0 Å². The molecule has 0 atom stereocenters. The SMILES string of the molecule is CC(C)CNC(=O)CNC(=O)c1cn[nH]c1N. The van der Waals surface area contributed by atoms with E-state index in [2.05, 4.69) is 20.8 Å². The first-order valence-corrected chi connectivity index (χ1v) is 5.34. The van der Waals surface area contributed by atoms with E-state index in [4.69, 9.17) is 5.73 Å². The summed E-state index contributed by atoms with van der Waals surface area (Å²) < 4.78 is 0. The molecule has 5 N–H and O–H groups in total. The van der Waals surface area contributed by atoms with Gasteiger partial charge in [-0.25, -0.2) is 0 Å². The van der Waals surface area contributed by atoms with E-state index < -0.39 is 5.91 Å². The highest BCUT2D eigenvalue weighted by molar-refractivity contribution is 5.99. The zero-order valence-corrected chi connectivity index (χ0v) is 9.91. The van der Waals surface area contributed by atoms with Crippen molar-refractivity contribution in [2.24, 2.45) is 5.92 Å². The molecule has 1 aromatic rings. The Hall–Kier alpha value is -2.05. The number of aromatic amines is 1. The van der Waals surface area contributed by atoms with Crippen molar-refractivity contribution in [3.63, 3.8) is 0 Å². The number of hydrogen-bond acceptors (Lipinski definition) is 4. The summed E-state index contributed by atoms with van der Waals surface area (Å²) >= 11 is 0. The predicted molar refractivity (Wildman–Crippen MR) is 63.2 cm³/mol. The molecule has 7 nitrogen and oxygen atoms in total. The van der Waals surface area contributed by atoms with Crippen molar-refractivity contribution in [2.45, 2.75) is 13.8 Å². The van der Waals surface area contributed by atoms with E-state index in [-0.39, 0.29) is 23.8 Å². The van der Waals surface area contributed by atoms with Crippen LogP contribution in [-0.2, 0) is 4.79 Å². The van der Waals surface area contributed by atoms with Crippen LogP contribution >= 0.6 is 0 Å². The van der Waals surface area contributed by atoms with Gasteiger partial charge in [0.25, 0.3) is 5.91 Å². The third-order valence-electron chi connectivity index (χ3n) is 2.03. The summed E-state index contributed by atoms with van der Waals surface area (Å²) in [6.07, 6.45) is 1.32. The maximum Gasteiger partial charge on any atom is 0.257 e. The number of H-pyrrole nitrogens is 1. The van der Waals surface area contributed by atoms with Crippen LogP contribution in [0.15, 0.2) is 6.20 Å². The Labute approximate surface area is 99.1 Å². The predicted octanol–water partition coefficient (Wildman–Crippen LogP) is -0.506. The summed E-state index contributed by atoms with van der Waals surface area (Å²) in [7, 11) is 0. The third kappa shape index (κ3) is 4.13. The van der Waals surface area contributed by atoms with Gasteiger partial charge in [0.05, 0.1) is 12.7 Å². The summed E-state index contributed by atoms with van der Waals surface area (Å²) in [5.41, 5.74) is 5.70. The average Bonchev–Trinajstić information content (AvgIpc) is 2.69. The van der Waals surface area contributed by atoms with E-state index in [1.165, 1.54) is 6.20 Å². The Morgan fingerprint density at radius 3 is 2.71 bits per heavy atom. The summed E-state index contributed by atoms with van der Waals surface area (Å²) in [5, 5.41) is 11.2. The van der Waals surface area contributed by atoms with Crippen LogP contribution in [0.1, 0.15) is 24.2 Å². The summed E-state index contributed by atoms with van der Waals surface area (Å²) in [5.74, 6) is -0.0886. The third-order valence-corrected chi connectivity index (χ3v) is 2.03. The molecule has 0 aromatic carbocycles. The van der Waals surface area contributed by atoms with Gasteiger partial charge in [0.2, 0.25) is 5.91 Å². The molecule has 0 unspecified atom stereocenters. The fraction of sp³-hybridized carbons (Fsp3) is 0.500. The number of amides is 2. The summed E-state index contributed by atoms with van der Waals surface area (Å²) in [6, 6.07) is 0. The van der Waals surface area contributed by atoms with E-state index in [9.17, 15) is 9.59 Å². The van der Waals surface area contributed by atoms with Gasteiger partial charge in [0, 0.05) is 6.54 Å². The number of anilines is 1. The Morgan fingerprint density at radius 2 is 2.18 bits per heavy atom. The second kappa shape index (κ2) is 5.88. The van der Waals surface area contributed by atoms with Gasteiger partial charge >= 0.3 is 0 Å². The molecule has 0 aliphatic rings. The molecule has 17 heavy (non-hydrogen) atoms. The topological polar surface area (TPSA) is 113 Å². The minimum Gasteiger partial charge on any atom is -0.383 e. The molecule has 1 rings (SSSR count). The molecule has 0 aliphatic carbocycles. The van der Waals surface area contributed by atoms with Crippen molar-refractivity contribution in [1.82, 2.24) is 20.8 Å². The van der Waals surface area contributed by atoms with Crippen LogP contribution < -0.4 is 16.4 Å². The lowest BCUT2D eigenvalue weighted by molar-refractivity contribution is -0.120. The Balaban J connectivity index is 2.34. The number of carbonyl (C=O) groups is 2. The lowest BCUT2D eigenvalue weighted by Gasteiger charge is -2.08. The van der Waals surface area contributed by atoms with E-state index in [0.29, 0.717) is 12.5 Å². The van der Waals surface area contributed by atoms with Gasteiger partial charge in [-0.05, 0) is 5.92 Å². The van der Waals surface area contributed by atoms with Crippen molar-refractivity contribution in [3.05, 3.63) is 11.8 Å². The Kier molecular flexibility index (Phi) is 4.50. The molecule has 1 aromatic heterocycles. The molecule has 0 aliphatic heterocycles. The fourth-order valence-corrected chi connectivity index (χ4v) is 1.11. The van der Waals surface area contributed by atoms with Gasteiger partial charge < -0.3 is 16.4 Å². The smallest absolute Gasteiger partial charge is 0.257 e. The van der Waals surface area contributed by atoms with Crippen molar-refractivity contribution in [3.8, 4) is 0 Å². The maximum atomic E-state index is 11.5. The highest BCUT2D eigenvalue weighted by Crippen LogP contribution is 2.04. The molecular formula is C10H17N5O2. The van der Waals surface area contributed by atoms with Crippen LogP contribution in [0.3, 0.4) is 0 Å². The first-order chi connectivity index (χ1) is 8.00. The molecule has 7 heteroatoms. The first-order valence-electron chi connectivity index (χ1n) is 5.34. The van der Waals surface area contributed by atoms with Crippen LogP contribution in [0.2, 0.25) is 0 Å². The van der Waals surface area contributed by atoms with Crippen molar-refractivity contribution >= 4 is 17.6 Å². The van der Waals surface area contributed by atoms with Gasteiger partial charge in [-0.3, -0.25) is 14.7 Å². The van der Waals surface area contributed by atoms with E-state index in [1.54, 1.807) is 0 Å². The lowest BCUT2D eigenvalue weighted by atomic mass is 10.2. The number of nitrogens with one attached hydrogen (secondary N) is 3. The maximum absolute atomic E-state index is 11.5. The van der Waals surface area contributed by atoms with Crippen LogP contribution in [-0.4, -0.2) is 35.1 Å². The second-order valence-electron chi connectivity index (χ2n) is 4.08. The second-order valence-corrected chi connectivity index (χ2v) is 4.08. The normalized spacial score (nSPS) is 10.3. The Morgan fingerprint density at radius 1 is 1.47 bits per heavy atom. The average molecular weight is 239 g/mol. The van der Waals surface area contributed by atoms with Crippen LogP contribution in [0.25, 0.3) is 0 Å². The number of aromatic nitrogens is 2. The van der Waals surface area contributed by atoms with E-state index in [1.807, 2.05) is 13.8 Å². The first kappa shape index (κ1) is 13.0. The molecule has 0 saturated heterocycles. The zero-order chi connectivity index (χ0) is 12.8. The molecule has 2 amide bonds. The van der Waals surface area contributed by atoms with E-state index >= 15 is 0 Å². The Bertz CT molecular complexity index is 399. The molecule has 1 heterocycles. The molecular weight excluding hydrogens is 222 g/mol. The molecule has 0 radical (unpaired) electrons. The van der Waals surface area contributed by atoms with Crippen molar-refractivity contribution in [2.75, 3.05) is 18.8 Å². The number of nitrogen functional groups attached to an aromatic ring is 1. The van der Waals surface area contributed by atoms with Crippen LogP contribution in [0.5, 0.6) is 0 Å². The molecule has 0 saturated carbocycles. The number of hydrogen-bond donors (Lipinski definition) is 4. The summed E-state index contributed by atoms with van der Waals surface area (Å²) in [4.78, 5) is 22.9. The van der Waals surface area contributed by atoms with Gasteiger partial charge in [-0.1, -0.05) is 13.8 Å². The van der Waals surface area contributed by atoms with Crippen molar-refractivity contribution < 1.29 is 9.59 Å². The monoisotopic (exact) mass is 239 g/mol. The van der Waals surface area contributed by atoms with Crippen LogP contribution in [0.4, 0.5) is 5.82 Å². The number of nitrogens with two attached hydrogens (primary N) is 1. The van der Waals surface area contributed by atoms with Gasteiger partial charge in [-0.2, -0.15) is 5.10 Å². The van der Waals surface area contributed by atoms with E-state index in [0.717, 1.165) is 0 Å². The van der Waals surface area contributed by atoms with Crippen LogP contribution in [0, 0.1) is 5.92 Å². The number of nitrogens with zero attached hydrogens (tertiary/aromatic N) is 1. The van der Waals surface area contributed by atoms with Gasteiger partial charge in [0.1, 0.15) is 11.4 Å². The highest BCUT2D eigenvalue weighted by atomic mass is 16.2. The fourth-order valence-electron chi connectivity index (χ4n) is 1.11. The number of carbonyl (C=O) groups excluding carboxylic acids is 2. The lowest BCUT2D eigenvalue weighted by Crippen LogP contribution is -2.38. The number of rotatable bonds is 5.